The first-order valence-electron chi connectivity index (χ1n) is 9.55. The Bertz CT molecular complexity index is 846. The van der Waals surface area contributed by atoms with E-state index in [0.717, 1.165) is 23.0 Å². The number of rotatable bonds is 6. The number of ether oxygens (including phenoxy) is 1. The maximum absolute atomic E-state index is 5.82. The fourth-order valence-electron chi connectivity index (χ4n) is 3.32. The first-order valence-corrected chi connectivity index (χ1v) is 9.55. The monoisotopic (exact) mass is 360 g/mol. The summed E-state index contributed by atoms with van der Waals surface area (Å²) in [6.07, 6.45) is 8.16. The molecule has 0 amide bonds. The lowest BCUT2D eigenvalue weighted by Crippen LogP contribution is -2.22. The van der Waals surface area contributed by atoms with Gasteiger partial charge in [0.1, 0.15) is 17.3 Å². The van der Waals surface area contributed by atoms with Gasteiger partial charge in [-0.3, -0.25) is 0 Å². The Morgan fingerprint density at radius 2 is 1.56 bits per heavy atom. The lowest BCUT2D eigenvalue weighted by Gasteiger charge is -2.23. The van der Waals surface area contributed by atoms with Crippen molar-refractivity contribution in [1.29, 1.82) is 0 Å². The molecule has 1 aliphatic rings. The van der Waals surface area contributed by atoms with Crippen LogP contribution in [0.4, 0.5) is 17.5 Å². The molecule has 5 heteroatoms. The van der Waals surface area contributed by atoms with E-state index in [-0.39, 0.29) is 0 Å². The molecular formula is C22H24N4O. The molecule has 2 N–H and O–H groups in total. The average molecular weight is 360 g/mol. The second-order valence-electron chi connectivity index (χ2n) is 6.81. The maximum Gasteiger partial charge on any atom is 0.229 e. The first kappa shape index (κ1) is 17.3. The highest BCUT2D eigenvalue weighted by atomic mass is 16.5. The molecule has 0 spiro atoms. The van der Waals surface area contributed by atoms with Crippen LogP contribution < -0.4 is 15.4 Å². The van der Waals surface area contributed by atoms with Gasteiger partial charge in [-0.25, -0.2) is 4.98 Å². The van der Waals surface area contributed by atoms with Crippen LogP contribution in [0, 0.1) is 0 Å². The molecule has 0 aliphatic heterocycles. The average Bonchev–Trinajstić information content (AvgIpc) is 2.71. The van der Waals surface area contributed by atoms with E-state index in [0.29, 0.717) is 12.0 Å². The fraction of sp³-hybridized carbons (Fsp3) is 0.273. The van der Waals surface area contributed by atoms with Gasteiger partial charge in [0.15, 0.2) is 0 Å². The second kappa shape index (κ2) is 8.54. The van der Waals surface area contributed by atoms with Gasteiger partial charge in [-0.1, -0.05) is 37.5 Å². The molecule has 1 aliphatic carbocycles. The van der Waals surface area contributed by atoms with Gasteiger partial charge in [0.25, 0.3) is 0 Å². The molecule has 2 aromatic carbocycles. The van der Waals surface area contributed by atoms with Crippen molar-refractivity contribution in [3.05, 3.63) is 66.9 Å². The van der Waals surface area contributed by atoms with Gasteiger partial charge in [-0.05, 0) is 55.3 Å². The molecular weight excluding hydrogens is 336 g/mol. The van der Waals surface area contributed by atoms with E-state index in [4.69, 9.17) is 4.74 Å². The number of anilines is 3. The molecule has 1 heterocycles. The van der Waals surface area contributed by atoms with Gasteiger partial charge in [0.05, 0.1) is 0 Å². The summed E-state index contributed by atoms with van der Waals surface area (Å²) in [6.45, 7) is 0. The molecule has 0 saturated heterocycles. The number of nitrogens with zero attached hydrogens (tertiary/aromatic N) is 2. The zero-order valence-corrected chi connectivity index (χ0v) is 15.3. The summed E-state index contributed by atoms with van der Waals surface area (Å²) in [5.74, 6) is 3.08. The standard InChI is InChI=1S/C22H24N4O/c1-3-7-17(8-4-1)24-21-15-16-23-22(26-21)25-18-11-13-20(14-12-18)27-19-9-5-2-6-10-19/h2,5-6,9-17H,1,3-4,7-8H2,(H2,23,24,25,26). The van der Waals surface area contributed by atoms with Crippen molar-refractivity contribution in [2.24, 2.45) is 0 Å². The Morgan fingerprint density at radius 1 is 0.815 bits per heavy atom. The summed E-state index contributed by atoms with van der Waals surface area (Å²) in [5.41, 5.74) is 0.922. The highest BCUT2D eigenvalue weighted by molar-refractivity contribution is 5.56. The molecule has 1 saturated carbocycles. The van der Waals surface area contributed by atoms with Crippen LogP contribution in [-0.4, -0.2) is 16.0 Å². The van der Waals surface area contributed by atoms with Crippen LogP contribution in [0.25, 0.3) is 0 Å². The van der Waals surface area contributed by atoms with Gasteiger partial charge < -0.3 is 15.4 Å². The maximum atomic E-state index is 5.82. The molecule has 0 bridgehead atoms. The van der Waals surface area contributed by atoms with Gasteiger partial charge in [-0.2, -0.15) is 4.98 Å². The second-order valence-corrected chi connectivity index (χ2v) is 6.81. The fourth-order valence-corrected chi connectivity index (χ4v) is 3.32. The minimum absolute atomic E-state index is 0.524. The summed E-state index contributed by atoms with van der Waals surface area (Å²) >= 11 is 0. The quantitative estimate of drug-likeness (QED) is 0.585. The normalized spacial score (nSPS) is 14.5. The third-order valence-corrected chi connectivity index (χ3v) is 4.70. The lowest BCUT2D eigenvalue weighted by molar-refractivity contribution is 0.462. The van der Waals surface area contributed by atoms with E-state index >= 15 is 0 Å². The third-order valence-electron chi connectivity index (χ3n) is 4.70. The van der Waals surface area contributed by atoms with Gasteiger partial charge in [0.2, 0.25) is 5.95 Å². The summed E-state index contributed by atoms with van der Waals surface area (Å²) in [5, 5.41) is 6.79. The summed E-state index contributed by atoms with van der Waals surface area (Å²) in [4.78, 5) is 8.91. The van der Waals surface area contributed by atoms with E-state index < -0.39 is 0 Å². The molecule has 4 rings (SSSR count). The SMILES string of the molecule is c1ccc(Oc2ccc(Nc3nccc(NC4CCCCC4)n3)cc2)cc1. The van der Waals surface area contributed by atoms with E-state index in [9.17, 15) is 0 Å². The summed E-state index contributed by atoms with van der Waals surface area (Å²) < 4.78 is 5.82. The third kappa shape index (κ3) is 4.97. The molecule has 5 nitrogen and oxygen atoms in total. The predicted octanol–water partition coefficient (Wildman–Crippen LogP) is 5.76. The number of hydrogen-bond donors (Lipinski definition) is 2. The number of aromatic nitrogens is 2. The molecule has 1 aromatic heterocycles. The molecule has 27 heavy (non-hydrogen) atoms. The van der Waals surface area contributed by atoms with Crippen molar-refractivity contribution in [3.63, 3.8) is 0 Å². The predicted molar refractivity (Wildman–Crippen MR) is 109 cm³/mol. The molecule has 1 fully saturated rings. The van der Waals surface area contributed by atoms with Crippen molar-refractivity contribution in [1.82, 2.24) is 9.97 Å². The largest absolute Gasteiger partial charge is 0.457 e. The molecule has 3 aromatic rings. The Labute approximate surface area is 159 Å². The van der Waals surface area contributed by atoms with Crippen LogP contribution in [0.2, 0.25) is 0 Å². The number of benzene rings is 2. The highest BCUT2D eigenvalue weighted by Crippen LogP contribution is 2.24. The van der Waals surface area contributed by atoms with E-state index in [2.05, 4.69) is 20.6 Å². The zero-order chi connectivity index (χ0) is 18.3. The lowest BCUT2D eigenvalue weighted by atomic mass is 9.95. The number of nitrogens with one attached hydrogen (secondary N) is 2. The minimum Gasteiger partial charge on any atom is -0.457 e. The molecule has 0 radical (unpaired) electrons. The van der Waals surface area contributed by atoms with Crippen LogP contribution in [-0.2, 0) is 0 Å². The smallest absolute Gasteiger partial charge is 0.229 e. The minimum atomic E-state index is 0.524. The van der Waals surface area contributed by atoms with E-state index in [1.54, 1.807) is 6.20 Å². The van der Waals surface area contributed by atoms with Crippen molar-refractivity contribution >= 4 is 17.5 Å². The molecule has 138 valence electrons. The van der Waals surface area contributed by atoms with Gasteiger partial charge in [0, 0.05) is 17.9 Å². The van der Waals surface area contributed by atoms with Crippen LogP contribution in [0.15, 0.2) is 66.9 Å². The topological polar surface area (TPSA) is 59.1 Å². The van der Waals surface area contributed by atoms with Crippen LogP contribution in [0.5, 0.6) is 11.5 Å². The van der Waals surface area contributed by atoms with Crippen molar-refractivity contribution in [2.75, 3.05) is 10.6 Å². The Morgan fingerprint density at radius 3 is 2.33 bits per heavy atom. The Hall–Kier alpha value is -3.08. The number of para-hydroxylation sites is 1. The number of hydrogen-bond acceptors (Lipinski definition) is 5. The van der Waals surface area contributed by atoms with Crippen LogP contribution >= 0.6 is 0 Å². The zero-order valence-electron chi connectivity index (χ0n) is 15.3. The summed E-state index contributed by atoms with van der Waals surface area (Å²) in [7, 11) is 0. The molecule has 0 unspecified atom stereocenters. The Balaban J connectivity index is 1.37. The molecule has 0 atom stereocenters. The van der Waals surface area contributed by atoms with Crippen LogP contribution in [0.1, 0.15) is 32.1 Å². The van der Waals surface area contributed by atoms with Crippen molar-refractivity contribution < 1.29 is 4.74 Å². The van der Waals surface area contributed by atoms with Gasteiger partial charge >= 0.3 is 0 Å². The van der Waals surface area contributed by atoms with E-state index in [1.165, 1.54) is 32.1 Å². The van der Waals surface area contributed by atoms with Crippen molar-refractivity contribution in [2.45, 2.75) is 38.1 Å². The Kier molecular flexibility index (Phi) is 5.48. The van der Waals surface area contributed by atoms with Crippen molar-refractivity contribution in [3.8, 4) is 11.5 Å². The highest BCUT2D eigenvalue weighted by Gasteiger charge is 2.13. The van der Waals surface area contributed by atoms with Gasteiger partial charge in [-0.15, -0.1) is 0 Å². The van der Waals surface area contributed by atoms with E-state index in [1.807, 2.05) is 60.7 Å². The van der Waals surface area contributed by atoms with Crippen LogP contribution in [0.3, 0.4) is 0 Å². The first-order chi connectivity index (χ1) is 13.3. The summed E-state index contributed by atoms with van der Waals surface area (Å²) in [6, 6.07) is 20.0.